The highest BCUT2D eigenvalue weighted by Crippen LogP contribution is 2.42. The molecule has 1 aliphatic heterocycles. The maximum absolute atomic E-state index is 12.8. The third kappa shape index (κ3) is 6.91. The second-order valence-corrected chi connectivity index (χ2v) is 12.0. The van der Waals surface area contributed by atoms with Gasteiger partial charge in [0.15, 0.2) is 34.5 Å². The molecule has 4 aromatic carbocycles. The first-order valence-corrected chi connectivity index (χ1v) is 16.3. The molecule has 1 unspecified atom stereocenters. The Morgan fingerprint density at radius 3 is 2.04 bits per heavy atom. The number of aromatic nitrogens is 1. The lowest BCUT2D eigenvalue weighted by Gasteiger charge is -2.22. The van der Waals surface area contributed by atoms with E-state index in [2.05, 4.69) is 6.07 Å². The van der Waals surface area contributed by atoms with Gasteiger partial charge in [0.2, 0.25) is 11.7 Å². The SMILES string of the molecule is COc1cc(-c2nc3ccccc3s2)ccc1OCCOc1cc(C2CC(c3cc(OC)c(OC)c(OC)c3)=NN2C(C)=O)ccc1OC. The summed E-state index contributed by atoms with van der Waals surface area (Å²) in [5.74, 6) is 3.56. The Morgan fingerprint density at radius 2 is 1.39 bits per heavy atom. The summed E-state index contributed by atoms with van der Waals surface area (Å²) in [7, 11) is 7.86. The number of nitrogens with zero attached hydrogens (tertiary/aromatic N) is 3. The second kappa shape index (κ2) is 14.7. The minimum atomic E-state index is -0.366. The van der Waals surface area contributed by atoms with Crippen LogP contribution in [0.3, 0.4) is 0 Å². The minimum absolute atomic E-state index is 0.192. The largest absolute Gasteiger partial charge is 0.493 e. The van der Waals surface area contributed by atoms with Crippen LogP contribution in [-0.2, 0) is 4.79 Å². The number of amides is 1. The van der Waals surface area contributed by atoms with Crippen molar-refractivity contribution in [2.75, 3.05) is 48.8 Å². The zero-order chi connectivity index (χ0) is 34.5. The molecule has 5 aromatic rings. The number of fused-ring (bicyclic) bond motifs is 1. The molecule has 0 saturated carbocycles. The van der Waals surface area contributed by atoms with Gasteiger partial charge in [-0.3, -0.25) is 4.79 Å². The van der Waals surface area contributed by atoms with Crippen molar-refractivity contribution in [3.63, 3.8) is 0 Å². The Kier molecular flexibility index (Phi) is 10.0. The van der Waals surface area contributed by atoms with Crippen molar-refractivity contribution in [3.8, 4) is 50.8 Å². The van der Waals surface area contributed by atoms with Gasteiger partial charge in [-0.1, -0.05) is 18.2 Å². The molecular formula is C37H37N3O8S. The van der Waals surface area contributed by atoms with E-state index in [4.69, 9.17) is 43.2 Å². The molecule has 2 heterocycles. The summed E-state index contributed by atoms with van der Waals surface area (Å²) in [6, 6.07) is 22.7. The first-order valence-electron chi connectivity index (χ1n) is 15.5. The molecule has 1 amide bonds. The maximum atomic E-state index is 12.8. The lowest BCUT2D eigenvalue weighted by molar-refractivity contribution is -0.130. The maximum Gasteiger partial charge on any atom is 0.240 e. The number of hydrogen-bond acceptors (Lipinski definition) is 11. The minimum Gasteiger partial charge on any atom is -0.493 e. The number of carbonyl (C=O) groups excluding carboxylic acids is 1. The van der Waals surface area contributed by atoms with Gasteiger partial charge in [0.1, 0.15) is 18.2 Å². The van der Waals surface area contributed by atoms with Crippen molar-refractivity contribution in [2.24, 2.45) is 5.10 Å². The number of rotatable bonds is 13. The summed E-state index contributed by atoms with van der Waals surface area (Å²) < 4.78 is 41.1. The first kappa shape index (κ1) is 33.4. The van der Waals surface area contributed by atoms with Gasteiger partial charge in [-0.2, -0.15) is 5.10 Å². The van der Waals surface area contributed by atoms with E-state index >= 15 is 0 Å². The predicted molar refractivity (Wildman–Crippen MR) is 188 cm³/mol. The van der Waals surface area contributed by atoms with Gasteiger partial charge >= 0.3 is 0 Å². The first-order chi connectivity index (χ1) is 23.9. The van der Waals surface area contributed by atoms with Crippen molar-refractivity contribution < 1.29 is 38.0 Å². The molecule has 1 atom stereocenters. The van der Waals surface area contributed by atoms with Crippen molar-refractivity contribution in [1.29, 1.82) is 0 Å². The Balaban J connectivity index is 1.15. The van der Waals surface area contributed by atoms with Crippen LogP contribution < -0.4 is 33.2 Å². The molecular weight excluding hydrogens is 646 g/mol. The molecule has 12 heteroatoms. The van der Waals surface area contributed by atoms with Crippen LogP contribution in [0.4, 0.5) is 0 Å². The van der Waals surface area contributed by atoms with E-state index in [-0.39, 0.29) is 25.2 Å². The number of carbonyl (C=O) groups is 1. The van der Waals surface area contributed by atoms with Gasteiger partial charge < -0.3 is 33.2 Å². The molecule has 0 N–H and O–H groups in total. The number of hydrazone groups is 1. The zero-order valence-corrected chi connectivity index (χ0v) is 29.0. The lowest BCUT2D eigenvalue weighted by atomic mass is 9.97. The summed E-state index contributed by atoms with van der Waals surface area (Å²) >= 11 is 1.63. The number of benzene rings is 4. The normalized spacial score (nSPS) is 14.0. The second-order valence-electron chi connectivity index (χ2n) is 11.0. The van der Waals surface area contributed by atoms with E-state index in [1.165, 1.54) is 11.9 Å². The average molecular weight is 684 g/mol. The summed E-state index contributed by atoms with van der Waals surface area (Å²) in [6.45, 7) is 1.98. The van der Waals surface area contributed by atoms with E-state index in [0.717, 1.165) is 31.9 Å². The molecule has 0 spiro atoms. The van der Waals surface area contributed by atoms with Gasteiger partial charge in [-0.25, -0.2) is 9.99 Å². The number of ether oxygens (including phenoxy) is 7. The molecule has 1 aromatic heterocycles. The Labute approximate surface area is 288 Å². The van der Waals surface area contributed by atoms with E-state index in [1.807, 2.05) is 66.7 Å². The highest BCUT2D eigenvalue weighted by atomic mass is 32.1. The summed E-state index contributed by atoms with van der Waals surface area (Å²) in [5, 5.41) is 7.09. The van der Waals surface area contributed by atoms with Crippen LogP contribution in [0.25, 0.3) is 20.8 Å². The van der Waals surface area contributed by atoms with Gasteiger partial charge in [0, 0.05) is 24.5 Å². The molecule has 0 fully saturated rings. The summed E-state index contributed by atoms with van der Waals surface area (Å²) in [4.78, 5) is 17.5. The molecule has 11 nitrogen and oxygen atoms in total. The monoisotopic (exact) mass is 683 g/mol. The fraction of sp³-hybridized carbons (Fsp3) is 0.270. The molecule has 49 heavy (non-hydrogen) atoms. The predicted octanol–water partition coefficient (Wildman–Crippen LogP) is 7.16. The molecule has 0 saturated heterocycles. The summed E-state index contributed by atoms with van der Waals surface area (Å²) in [5.41, 5.74) is 4.22. The van der Waals surface area contributed by atoms with Crippen LogP contribution in [0.15, 0.2) is 77.9 Å². The third-order valence-electron chi connectivity index (χ3n) is 8.11. The van der Waals surface area contributed by atoms with Crippen molar-refractivity contribution in [2.45, 2.75) is 19.4 Å². The molecule has 0 aliphatic carbocycles. The topological polar surface area (TPSA) is 110 Å². The van der Waals surface area contributed by atoms with Crippen LogP contribution >= 0.6 is 11.3 Å². The van der Waals surface area contributed by atoms with E-state index in [1.54, 1.807) is 46.9 Å². The smallest absolute Gasteiger partial charge is 0.240 e. The highest BCUT2D eigenvalue weighted by molar-refractivity contribution is 7.21. The van der Waals surface area contributed by atoms with Crippen LogP contribution in [0.2, 0.25) is 0 Å². The molecule has 254 valence electrons. The summed E-state index contributed by atoms with van der Waals surface area (Å²) in [6.07, 6.45) is 0.458. The van der Waals surface area contributed by atoms with Crippen molar-refractivity contribution in [3.05, 3.63) is 83.9 Å². The number of hydrogen-bond donors (Lipinski definition) is 0. The fourth-order valence-corrected chi connectivity index (χ4v) is 6.68. The van der Waals surface area contributed by atoms with Crippen LogP contribution in [0, 0.1) is 0 Å². The van der Waals surface area contributed by atoms with E-state index in [9.17, 15) is 4.79 Å². The zero-order valence-electron chi connectivity index (χ0n) is 28.1. The van der Waals surface area contributed by atoms with Gasteiger partial charge in [0.25, 0.3) is 0 Å². The highest BCUT2D eigenvalue weighted by Gasteiger charge is 2.33. The Morgan fingerprint density at radius 1 is 0.735 bits per heavy atom. The van der Waals surface area contributed by atoms with Gasteiger partial charge in [0.05, 0.1) is 57.5 Å². The Hall–Kier alpha value is -5.49. The lowest BCUT2D eigenvalue weighted by Crippen LogP contribution is -2.24. The molecule has 1 aliphatic rings. The average Bonchev–Trinajstić information content (AvgIpc) is 3.78. The standard InChI is InChI=1S/C37H37N3O8S/c1-22(41)40-28(21-27(39-40)25-19-33(44-4)36(46-6)34(20-25)45-5)23-11-13-29(42-2)32(17-23)48-16-15-47-30-14-12-24(18-31(30)43-3)37-38-26-9-7-8-10-35(26)49-37/h7-14,17-20,28H,15-16,21H2,1-6H3. The van der Waals surface area contributed by atoms with E-state index in [0.29, 0.717) is 52.4 Å². The Bertz CT molecular complexity index is 1950. The van der Waals surface area contributed by atoms with Gasteiger partial charge in [-0.05, 0) is 60.2 Å². The van der Waals surface area contributed by atoms with E-state index < -0.39 is 0 Å². The molecule has 6 rings (SSSR count). The quantitative estimate of drug-likeness (QED) is 0.119. The van der Waals surface area contributed by atoms with Crippen molar-refractivity contribution >= 4 is 33.2 Å². The third-order valence-corrected chi connectivity index (χ3v) is 9.19. The number of methoxy groups -OCH3 is 5. The fourth-order valence-electron chi connectivity index (χ4n) is 5.71. The van der Waals surface area contributed by atoms with Gasteiger partial charge in [-0.15, -0.1) is 11.3 Å². The van der Waals surface area contributed by atoms with Crippen LogP contribution in [-0.4, -0.2) is 70.4 Å². The number of thiazole rings is 1. The molecule has 0 radical (unpaired) electrons. The van der Waals surface area contributed by atoms with Crippen LogP contribution in [0.5, 0.6) is 40.2 Å². The number of para-hydroxylation sites is 1. The van der Waals surface area contributed by atoms with Crippen LogP contribution in [0.1, 0.15) is 30.5 Å². The molecule has 0 bridgehead atoms. The van der Waals surface area contributed by atoms with Crippen molar-refractivity contribution in [1.82, 2.24) is 9.99 Å².